The zero-order valence-electron chi connectivity index (χ0n) is 12.2. The Morgan fingerprint density at radius 3 is 2.52 bits per heavy atom. The summed E-state index contributed by atoms with van der Waals surface area (Å²) in [5.74, 6) is 0.0544. The fourth-order valence-electron chi connectivity index (χ4n) is 2.17. The van der Waals surface area contributed by atoms with E-state index in [2.05, 4.69) is 10.6 Å². The molecule has 0 spiro atoms. The predicted molar refractivity (Wildman–Crippen MR) is 81.4 cm³/mol. The van der Waals surface area contributed by atoms with Crippen molar-refractivity contribution >= 4 is 11.8 Å². The minimum atomic E-state index is -0.0292. The quantitative estimate of drug-likeness (QED) is 0.621. The average Bonchev–Trinajstić information content (AvgIpc) is 3.28. The maximum atomic E-state index is 11.9. The Morgan fingerprint density at radius 2 is 1.86 bits per heavy atom. The molecule has 1 fully saturated rings. The molecule has 1 aliphatic carbocycles. The second kappa shape index (κ2) is 7.78. The molecule has 0 atom stereocenters. The van der Waals surface area contributed by atoms with Crippen molar-refractivity contribution in [2.75, 3.05) is 6.54 Å². The fraction of sp³-hybridized carbons (Fsp3) is 0.500. The third kappa shape index (κ3) is 5.55. The highest BCUT2D eigenvalue weighted by atomic mass is 16.2. The van der Waals surface area contributed by atoms with Gasteiger partial charge in [0.05, 0.1) is 6.42 Å². The third-order valence-corrected chi connectivity index (χ3v) is 3.53. The third-order valence-electron chi connectivity index (χ3n) is 3.53. The van der Waals surface area contributed by atoms with E-state index in [4.69, 9.17) is 5.73 Å². The lowest BCUT2D eigenvalue weighted by molar-refractivity contribution is -0.122. The van der Waals surface area contributed by atoms with Gasteiger partial charge in [-0.15, -0.1) is 0 Å². The van der Waals surface area contributed by atoms with Crippen molar-refractivity contribution in [1.82, 2.24) is 10.6 Å². The Hall–Kier alpha value is -1.88. The second-order valence-electron chi connectivity index (χ2n) is 5.44. The van der Waals surface area contributed by atoms with E-state index >= 15 is 0 Å². The van der Waals surface area contributed by atoms with Crippen LogP contribution in [0.15, 0.2) is 24.3 Å². The first-order valence-corrected chi connectivity index (χ1v) is 7.52. The normalized spacial score (nSPS) is 13.8. The van der Waals surface area contributed by atoms with E-state index in [1.807, 2.05) is 24.3 Å². The van der Waals surface area contributed by atoms with Crippen LogP contribution in [-0.4, -0.2) is 24.4 Å². The summed E-state index contributed by atoms with van der Waals surface area (Å²) >= 11 is 0. The van der Waals surface area contributed by atoms with Gasteiger partial charge in [0.25, 0.3) is 0 Å². The second-order valence-corrected chi connectivity index (χ2v) is 5.44. The Kier molecular flexibility index (Phi) is 5.75. The molecule has 21 heavy (non-hydrogen) atoms. The van der Waals surface area contributed by atoms with Crippen molar-refractivity contribution in [3.8, 4) is 0 Å². The summed E-state index contributed by atoms with van der Waals surface area (Å²) in [6, 6.07) is 8.08. The molecule has 5 nitrogen and oxygen atoms in total. The van der Waals surface area contributed by atoms with E-state index < -0.39 is 0 Å². The maximum Gasteiger partial charge on any atom is 0.224 e. The van der Waals surface area contributed by atoms with Crippen LogP contribution in [0.5, 0.6) is 0 Å². The van der Waals surface area contributed by atoms with Crippen molar-refractivity contribution in [2.45, 2.75) is 44.7 Å². The van der Waals surface area contributed by atoms with Crippen LogP contribution in [0.25, 0.3) is 0 Å². The van der Waals surface area contributed by atoms with E-state index in [1.165, 1.54) is 0 Å². The van der Waals surface area contributed by atoms with Crippen molar-refractivity contribution < 1.29 is 9.59 Å². The molecule has 114 valence electrons. The number of amides is 2. The standard InChI is InChI=1S/C16H23N3O2/c17-11-13-5-2-1-4-12(13)10-16(21)18-9-3-6-15(20)19-14-7-8-14/h1-2,4-5,14H,3,6-11,17H2,(H,18,21)(H,19,20). The number of carbonyl (C=O) groups excluding carboxylic acids is 2. The number of hydrogen-bond acceptors (Lipinski definition) is 3. The Labute approximate surface area is 125 Å². The smallest absolute Gasteiger partial charge is 0.224 e. The zero-order valence-corrected chi connectivity index (χ0v) is 12.2. The first-order valence-electron chi connectivity index (χ1n) is 7.52. The van der Waals surface area contributed by atoms with Crippen LogP contribution < -0.4 is 16.4 Å². The lowest BCUT2D eigenvalue weighted by atomic mass is 10.0. The molecule has 1 aromatic rings. The molecule has 1 aromatic carbocycles. The minimum absolute atomic E-state index is 0.0292. The van der Waals surface area contributed by atoms with E-state index in [-0.39, 0.29) is 11.8 Å². The summed E-state index contributed by atoms with van der Waals surface area (Å²) in [4.78, 5) is 23.3. The summed E-state index contributed by atoms with van der Waals surface area (Å²) < 4.78 is 0. The van der Waals surface area contributed by atoms with E-state index in [1.54, 1.807) is 0 Å². The molecule has 0 radical (unpaired) electrons. The van der Waals surface area contributed by atoms with Gasteiger partial charge in [0.1, 0.15) is 0 Å². The largest absolute Gasteiger partial charge is 0.356 e. The number of nitrogens with one attached hydrogen (secondary N) is 2. The van der Waals surface area contributed by atoms with Gasteiger partial charge < -0.3 is 16.4 Å². The van der Waals surface area contributed by atoms with E-state index in [0.717, 1.165) is 24.0 Å². The average molecular weight is 289 g/mol. The van der Waals surface area contributed by atoms with E-state index in [0.29, 0.717) is 38.4 Å². The molecule has 0 aromatic heterocycles. The van der Waals surface area contributed by atoms with Crippen LogP contribution in [0.1, 0.15) is 36.8 Å². The lowest BCUT2D eigenvalue weighted by Gasteiger charge is -2.08. The highest BCUT2D eigenvalue weighted by Gasteiger charge is 2.22. The SMILES string of the molecule is NCc1ccccc1CC(=O)NCCCC(=O)NC1CC1. The summed E-state index contributed by atoms with van der Waals surface area (Å²) in [5, 5.41) is 5.78. The van der Waals surface area contributed by atoms with Gasteiger partial charge in [-0.2, -0.15) is 0 Å². The number of rotatable bonds is 8. The number of hydrogen-bond donors (Lipinski definition) is 3. The van der Waals surface area contributed by atoms with Crippen LogP contribution in [0, 0.1) is 0 Å². The molecule has 5 heteroatoms. The monoisotopic (exact) mass is 289 g/mol. The topological polar surface area (TPSA) is 84.2 Å². The number of benzene rings is 1. The molecular formula is C16H23N3O2. The Bertz CT molecular complexity index is 498. The van der Waals surface area contributed by atoms with Crippen molar-refractivity contribution in [3.63, 3.8) is 0 Å². The first-order chi connectivity index (χ1) is 10.2. The molecule has 0 unspecified atom stereocenters. The van der Waals surface area contributed by atoms with Gasteiger partial charge in [0.15, 0.2) is 0 Å². The zero-order chi connectivity index (χ0) is 15.1. The summed E-state index contributed by atoms with van der Waals surface area (Å²) in [7, 11) is 0. The number of carbonyl (C=O) groups is 2. The van der Waals surface area contributed by atoms with Gasteiger partial charge in [-0.05, 0) is 30.4 Å². The van der Waals surface area contributed by atoms with Crippen LogP contribution in [-0.2, 0) is 22.6 Å². The van der Waals surface area contributed by atoms with Crippen LogP contribution in [0.4, 0.5) is 0 Å². The summed E-state index contributed by atoms with van der Waals surface area (Å²) in [6.07, 6.45) is 3.67. The van der Waals surface area contributed by atoms with E-state index in [9.17, 15) is 9.59 Å². The van der Waals surface area contributed by atoms with Gasteiger partial charge in [0, 0.05) is 25.6 Å². The maximum absolute atomic E-state index is 11.9. The van der Waals surface area contributed by atoms with Crippen molar-refractivity contribution in [2.24, 2.45) is 5.73 Å². The van der Waals surface area contributed by atoms with Crippen LogP contribution in [0.3, 0.4) is 0 Å². The molecule has 0 saturated heterocycles. The predicted octanol–water partition coefficient (Wildman–Crippen LogP) is 0.863. The molecule has 1 saturated carbocycles. The fourth-order valence-corrected chi connectivity index (χ4v) is 2.17. The van der Waals surface area contributed by atoms with Gasteiger partial charge in [-0.1, -0.05) is 24.3 Å². The van der Waals surface area contributed by atoms with Gasteiger partial charge in [-0.3, -0.25) is 9.59 Å². The van der Waals surface area contributed by atoms with Gasteiger partial charge in [0.2, 0.25) is 11.8 Å². The Balaban J connectivity index is 1.63. The molecular weight excluding hydrogens is 266 g/mol. The number of nitrogens with two attached hydrogens (primary N) is 1. The van der Waals surface area contributed by atoms with Gasteiger partial charge in [-0.25, -0.2) is 0 Å². The van der Waals surface area contributed by atoms with Crippen molar-refractivity contribution in [1.29, 1.82) is 0 Å². The Morgan fingerprint density at radius 1 is 1.14 bits per heavy atom. The van der Waals surface area contributed by atoms with Gasteiger partial charge >= 0.3 is 0 Å². The molecule has 1 aliphatic rings. The van der Waals surface area contributed by atoms with Crippen molar-refractivity contribution in [3.05, 3.63) is 35.4 Å². The summed E-state index contributed by atoms with van der Waals surface area (Å²) in [5.41, 5.74) is 7.61. The molecule has 0 heterocycles. The molecule has 0 bridgehead atoms. The highest BCUT2D eigenvalue weighted by molar-refractivity contribution is 5.79. The lowest BCUT2D eigenvalue weighted by Crippen LogP contribution is -2.29. The first kappa shape index (κ1) is 15.5. The highest BCUT2D eigenvalue weighted by Crippen LogP contribution is 2.18. The minimum Gasteiger partial charge on any atom is -0.356 e. The molecule has 2 amide bonds. The molecule has 0 aliphatic heterocycles. The molecule has 4 N–H and O–H groups in total. The molecule has 2 rings (SSSR count). The summed E-state index contributed by atoms with van der Waals surface area (Å²) in [6.45, 7) is 0.965. The van der Waals surface area contributed by atoms with Crippen LogP contribution in [0.2, 0.25) is 0 Å². The van der Waals surface area contributed by atoms with Crippen LogP contribution >= 0.6 is 0 Å².